The summed E-state index contributed by atoms with van der Waals surface area (Å²) in [7, 11) is 0. The van der Waals surface area contributed by atoms with Crippen LogP contribution < -0.4 is 5.32 Å². The number of piperazine rings is 1. The molecule has 0 spiro atoms. The highest BCUT2D eigenvalue weighted by Gasteiger charge is 2.16. The fourth-order valence-electron chi connectivity index (χ4n) is 3.58. The van der Waals surface area contributed by atoms with Crippen LogP contribution in [-0.2, 0) is 13.1 Å². The van der Waals surface area contributed by atoms with E-state index in [1.54, 1.807) is 0 Å². The van der Waals surface area contributed by atoms with Crippen molar-refractivity contribution < 1.29 is 0 Å². The highest BCUT2D eigenvalue weighted by molar-refractivity contribution is 5.32. The molecule has 3 rings (SSSR count). The summed E-state index contributed by atoms with van der Waals surface area (Å²) in [6, 6.07) is 20.8. The zero-order valence-electron chi connectivity index (χ0n) is 16.1. The predicted molar refractivity (Wildman–Crippen MR) is 110 cm³/mol. The van der Waals surface area contributed by atoms with Gasteiger partial charge in [0.15, 0.2) is 0 Å². The normalized spacial score (nSPS) is 15.5. The maximum atomic E-state index is 8.94. The minimum atomic E-state index is 0.737. The van der Waals surface area contributed by atoms with Crippen molar-refractivity contribution in [2.75, 3.05) is 39.3 Å². The monoisotopic (exact) mass is 362 g/mol. The van der Waals surface area contributed by atoms with Crippen molar-refractivity contribution in [1.29, 1.82) is 5.26 Å². The third kappa shape index (κ3) is 6.80. The van der Waals surface area contributed by atoms with Gasteiger partial charge in [-0.05, 0) is 49.2 Å². The SMILES string of the molecule is N#Cc1cccc(CNCCCCN2CCN(Cc3ccccc3)CC2)c1. The lowest BCUT2D eigenvalue weighted by Gasteiger charge is -2.34. The first kappa shape index (κ1) is 19.6. The Morgan fingerprint density at radius 3 is 2.37 bits per heavy atom. The Kier molecular flexibility index (Phi) is 7.85. The average molecular weight is 363 g/mol. The highest BCUT2D eigenvalue weighted by Crippen LogP contribution is 2.09. The molecule has 0 aliphatic carbocycles. The van der Waals surface area contributed by atoms with E-state index in [9.17, 15) is 0 Å². The molecule has 0 amide bonds. The third-order valence-corrected chi connectivity index (χ3v) is 5.18. The molecule has 1 aliphatic heterocycles. The molecule has 0 bridgehead atoms. The maximum Gasteiger partial charge on any atom is 0.0991 e. The van der Waals surface area contributed by atoms with E-state index in [-0.39, 0.29) is 0 Å². The molecular weight excluding hydrogens is 332 g/mol. The van der Waals surface area contributed by atoms with Crippen molar-refractivity contribution in [3.05, 3.63) is 71.3 Å². The van der Waals surface area contributed by atoms with Gasteiger partial charge in [0.25, 0.3) is 0 Å². The van der Waals surface area contributed by atoms with Crippen LogP contribution in [0.5, 0.6) is 0 Å². The number of hydrogen-bond acceptors (Lipinski definition) is 4. The Morgan fingerprint density at radius 2 is 1.59 bits per heavy atom. The molecule has 27 heavy (non-hydrogen) atoms. The summed E-state index contributed by atoms with van der Waals surface area (Å²) in [5.74, 6) is 0. The Morgan fingerprint density at radius 1 is 0.852 bits per heavy atom. The Labute approximate surface area is 163 Å². The number of nitrogens with one attached hydrogen (secondary N) is 1. The van der Waals surface area contributed by atoms with Crippen molar-refractivity contribution >= 4 is 0 Å². The maximum absolute atomic E-state index is 8.94. The van der Waals surface area contributed by atoms with Gasteiger partial charge < -0.3 is 10.2 Å². The molecule has 1 aliphatic rings. The van der Waals surface area contributed by atoms with Gasteiger partial charge in [-0.3, -0.25) is 4.90 Å². The van der Waals surface area contributed by atoms with Crippen LogP contribution in [0.4, 0.5) is 0 Å². The van der Waals surface area contributed by atoms with E-state index in [2.05, 4.69) is 57.6 Å². The van der Waals surface area contributed by atoms with Crippen molar-refractivity contribution in [2.45, 2.75) is 25.9 Å². The summed E-state index contributed by atoms with van der Waals surface area (Å²) in [4.78, 5) is 5.15. The van der Waals surface area contributed by atoms with Crippen molar-refractivity contribution in [2.24, 2.45) is 0 Å². The topological polar surface area (TPSA) is 42.3 Å². The second kappa shape index (κ2) is 10.8. The molecule has 1 heterocycles. The minimum Gasteiger partial charge on any atom is -0.313 e. The lowest BCUT2D eigenvalue weighted by atomic mass is 10.1. The second-order valence-electron chi connectivity index (χ2n) is 7.30. The zero-order chi connectivity index (χ0) is 18.7. The number of benzene rings is 2. The number of hydrogen-bond donors (Lipinski definition) is 1. The van der Waals surface area contributed by atoms with E-state index in [4.69, 9.17) is 5.26 Å². The first-order chi connectivity index (χ1) is 13.3. The summed E-state index contributed by atoms with van der Waals surface area (Å²) < 4.78 is 0. The Bertz CT molecular complexity index is 715. The number of nitriles is 1. The first-order valence-electron chi connectivity index (χ1n) is 10.0. The van der Waals surface area contributed by atoms with Gasteiger partial charge in [0.05, 0.1) is 11.6 Å². The minimum absolute atomic E-state index is 0.737. The van der Waals surface area contributed by atoms with Crippen LogP contribution >= 0.6 is 0 Å². The second-order valence-corrected chi connectivity index (χ2v) is 7.30. The molecular formula is C23H30N4. The van der Waals surface area contributed by atoms with Crippen LogP contribution in [0.25, 0.3) is 0 Å². The van der Waals surface area contributed by atoms with Crippen molar-refractivity contribution in [3.63, 3.8) is 0 Å². The van der Waals surface area contributed by atoms with Crippen molar-refractivity contribution in [1.82, 2.24) is 15.1 Å². The zero-order valence-corrected chi connectivity index (χ0v) is 16.1. The van der Waals surface area contributed by atoms with E-state index in [0.29, 0.717) is 0 Å². The van der Waals surface area contributed by atoms with Gasteiger partial charge in [0.2, 0.25) is 0 Å². The highest BCUT2D eigenvalue weighted by atomic mass is 15.3. The van der Waals surface area contributed by atoms with Gasteiger partial charge in [0.1, 0.15) is 0 Å². The van der Waals surface area contributed by atoms with E-state index in [1.807, 2.05) is 18.2 Å². The summed E-state index contributed by atoms with van der Waals surface area (Å²) in [5, 5.41) is 12.4. The predicted octanol–water partition coefficient (Wildman–Crippen LogP) is 3.25. The van der Waals surface area contributed by atoms with E-state index < -0.39 is 0 Å². The molecule has 0 radical (unpaired) electrons. The van der Waals surface area contributed by atoms with Gasteiger partial charge in [0, 0.05) is 39.3 Å². The van der Waals surface area contributed by atoms with Gasteiger partial charge in [-0.15, -0.1) is 0 Å². The quantitative estimate of drug-likeness (QED) is 0.696. The molecule has 2 aromatic carbocycles. The lowest BCUT2D eigenvalue weighted by molar-refractivity contribution is 0.125. The fourth-order valence-corrected chi connectivity index (χ4v) is 3.58. The van der Waals surface area contributed by atoms with Gasteiger partial charge in [-0.25, -0.2) is 0 Å². The smallest absolute Gasteiger partial charge is 0.0991 e. The largest absolute Gasteiger partial charge is 0.313 e. The molecule has 4 heteroatoms. The molecule has 1 N–H and O–H groups in total. The number of unbranched alkanes of at least 4 members (excludes halogenated alkanes) is 1. The van der Waals surface area contributed by atoms with Crippen LogP contribution in [0.1, 0.15) is 29.5 Å². The molecule has 4 nitrogen and oxygen atoms in total. The summed E-state index contributed by atoms with van der Waals surface area (Å²) in [6.07, 6.45) is 2.44. The Balaban J connectivity index is 1.24. The lowest BCUT2D eigenvalue weighted by Crippen LogP contribution is -2.46. The molecule has 1 fully saturated rings. The molecule has 2 aromatic rings. The summed E-state index contributed by atoms with van der Waals surface area (Å²) >= 11 is 0. The van der Waals surface area contributed by atoms with Crippen LogP contribution in [0, 0.1) is 11.3 Å². The van der Waals surface area contributed by atoms with E-state index in [1.165, 1.54) is 56.7 Å². The van der Waals surface area contributed by atoms with E-state index in [0.717, 1.165) is 25.2 Å². The van der Waals surface area contributed by atoms with Crippen LogP contribution in [-0.4, -0.2) is 49.1 Å². The summed E-state index contributed by atoms with van der Waals surface area (Å²) in [6.45, 7) is 8.85. The van der Waals surface area contributed by atoms with Crippen molar-refractivity contribution in [3.8, 4) is 6.07 Å². The van der Waals surface area contributed by atoms with Gasteiger partial charge >= 0.3 is 0 Å². The third-order valence-electron chi connectivity index (χ3n) is 5.18. The average Bonchev–Trinajstić information content (AvgIpc) is 2.73. The van der Waals surface area contributed by atoms with Gasteiger partial charge in [-0.1, -0.05) is 42.5 Å². The number of rotatable bonds is 9. The molecule has 0 aromatic heterocycles. The molecule has 142 valence electrons. The Hall–Kier alpha value is -2.19. The van der Waals surface area contributed by atoms with Crippen LogP contribution in [0.3, 0.4) is 0 Å². The molecule has 0 atom stereocenters. The molecule has 1 saturated heterocycles. The van der Waals surface area contributed by atoms with Crippen LogP contribution in [0.2, 0.25) is 0 Å². The fraction of sp³-hybridized carbons (Fsp3) is 0.435. The standard InChI is InChI=1S/C23H30N4/c24-18-22-9-6-10-23(17-22)19-25-11-4-5-12-26-13-15-27(16-14-26)20-21-7-2-1-3-8-21/h1-3,6-10,17,25H,4-5,11-16,19-20H2. The van der Waals surface area contributed by atoms with Crippen LogP contribution in [0.15, 0.2) is 54.6 Å². The number of nitrogens with zero attached hydrogens (tertiary/aromatic N) is 3. The van der Waals surface area contributed by atoms with Gasteiger partial charge in [-0.2, -0.15) is 5.26 Å². The molecule has 0 saturated carbocycles. The van der Waals surface area contributed by atoms with E-state index >= 15 is 0 Å². The molecule has 0 unspecified atom stereocenters. The first-order valence-corrected chi connectivity index (χ1v) is 10.0. The summed E-state index contributed by atoms with van der Waals surface area (Å²) in [5.41, 5.74) is 3.33.